The Labute approximate surface area is 142 Å². The van der Waals surface area contributed by atoms with Gasteiger partial charge in [0.2, 0.25) is 0 Å². The van der Waals surface area contributed by atoms with Gasteiger partial charge < -0.3 is 14.6 Å². The number of hydrogen-bond acceptors (Lipinski definition) is 4. The average Bonchev–Trinajstić information content (AvgIpc) is 2.64. The number of carbonyl (C=O) groups excluding carboxylic acids is 1. The number of ether oxygens (including phenoxy) is 2. The smallest absolute Gasteiger partial charge is 0.185 e. The molecule has 0 aliphatic heterocycles. The van der Waals surface area contributed by atoms with Crippen molar-refractivity contribution in [2.75, 3.05) is 13.7 Å². The fourth-order valence-electron chi connectivity index (χ4n) is 2.01. The molecule has 0 heterocycles. The lowest BCUT2D eigenvalue weighted by Crippen LogP contribution is -2.15. The molecule has 126 valence electrons. The number of hydrogen-bond donors (Lipinski definition) is 1. The highest BCUT2D eigenvalue weighted by molar-refractivity contribution is 6.06. The summed E-state index contributed by atoms with van der Waals surface area (Å²) in [5.74, 6) is 1.34. The zero-order valence-corrected chi connectivity index (χ0v) is 13.9. The van der Waals surface area contributed by atoms with Crippen molar-refractivity contribution < 1.29 is 19.4 Å². The molecule has 4 nitrogen and oxygen atoms in total. The molecule has 1 atom stereocenters. The molecular formula is C20H22O4. The van der Waals surface area contributed by atoms with Gasteiger partial charge in [-0.15, -0.1) is 0 Å². The summed E-state index contributed by atoms with van der Waals surface area (Å²) in [6, 6.07) is 14.4. The van der Waals surface area contributed by atoms with Crippen molar-refractivity contribution >= 4 is 11.9 Å². The van der Waals surface area contributed by atoms with E-state index in [1.807, 2.05) is 31.2 Å². The van der Waals surface area contributed by atoms with Gasteiger partial charge in [0.25, 0.3) is 0 Å². The topological polar surface area (TPSA) is 55.8 Å². The van der Waals surface area contributed by atoms with Gasteiger partial charge in [0.05, 0.1) is 13.2 Å². The third-order valence-corrected chi connectivity index (χ3v) is 3.60. The molecule has 2 aromatic carbocycles. The van der Waals surface area contributed by atoms with Gasteiger partial charge in [0, 0.05) is 5.56 Å². The Morgan fingerprint density at radius 1 is 1.08 bits per heavy atom. The summed E-state index contributed by atoms with van der Waals surface area (Å²) in [6.45, 7) is 2.14. The van der Waals surface area contributed by atoms with Gasteiger partial charge in [-0.1, -0.05) is 25.1 Å². The number of rotatable bonds is 8. The first-order valence-electron chi connectivity index (χ1n) is 7.89. The molecule has 0 saturated heterocycles. The second kappa shape index (κ2) is 8.89. The predicted molar refractivity (Wildman–Crippen MR) is 94.6 cm³/mol. The van der Waals surface area contributed by atoms with Crippen LogP contribution in [0.15, 0.2) is 54.6 Å². The van der Waals surface area contributed by atoms with Gasteiger partial charge in [-0.05, 0) is 54.5 Å². The van der Waals surface area contributed by atoms with Crippen molar-refractivity contribution in [3.05, 3.63) is 65.7 Å². The van der Waals surface area contributed by atoms with E-state index in [4.69, 9.17) is 9.47 Å². The molecule has 1 N–H and O–H groups in total. The quantitative estimate of drug-likeness (QED) is 0.593. The molecule has 0 fully saturated rings. The minimum Gasteiger partial charge on any atom is -0.497 e. The molecule has 0 aliphatic rings. The lowest BCUT2D eigenvalue weighted by molar-refractivity contribution is 0.103. The van der Waals surface area contributed by atoms with Crippen molar-refractivity contribution in [1.82, 2.24) is 0 Å². The number of carbonyl (C=O) groups is 1. The summed E-state index contributed by atoms with van der Waals surface area (Å²) in [4.78, 5) is 12.2. The molecule has 24 heavy (non-hydrogen) atoms. The first-order valence-corrected chi connectivity index (χ1v) is 7.89. The Balaban J connectivity index is 1.95. The first kappa shape index (κ1) is 17.8. The van der Waals surface area contributed by atoms with E-state index >= 15 is 0 Å². The van der Waals surface area contributed by atoms with Crippen LogP contribution in [0.25, 0.3) is 6.08 Å². The van der Waals surface area contributed by atoms with Gasteiger partial charge in [-0.25, -0.2) is 0 Å². The van der Waals surface area contributed by atoms with E-state index in [1.165, 1.54) is 0 Å². The monoisotopic (exact) mass is 326 g/mol. The highest BCUT2D eigenvalue weighted by atomic mass is 16.5. The summed E-state index contributed by atoms with van der Waals surface area (Å²) in [5, 5.41) is 9.48. The highest BCUT2D eigenvalue weighted by Gasteiger charge is 2.04. The minimum absolute atomic E-state index is 0.0778. The largest absolute Gasteiger partial charge is 0.497 e. The molecule has 1 unspecified atom stereocenters. The van der Waals surface area contributed by atoms with Gasteiger partial charge in [0.1, 0.15) is 18.1 Å². The maximum Gasteiger partial charge on any atom is 0.185 e. The number of benzene rings is 2. The number of aliphatic hydroxyl groups excluding tert-OH is 1. The Morgan fingerprint density at radius 3 is 2.29 bits per heavy atom. The van der Waals surface area contributed by atoms with Crippen LogP contribution in [-0.2, 0) is 0 Å². The number of methoxy groups -OCH3 is 1. The van der Waals surface area contributed by atoms with Gasteiger partial charge in [0.15, 0.2) is 5.78 Å². The third kappa shape index (κ3) is 5.25. The van der Waals surface area contributed by atoms with Crippen molar-refractivity contribution in [3.8, 4) is 11.5 Å². The van der Waals surface area contributed by atoms with Crippen molar-refractivity contribution in [2.24, 2.45) is 0 Å². The maximum absolute atomic E-state index is 12.2. The van der Waals surface area contributed by atoms with Crippen LogP contribution in [0.2, 0.25) is 0 Å². The number of aliphatic hydroxyl groups is 1. The molecule has 0 aliphatic carbocycles. The standard InChI is InChI=1S/C20H22O4/c1-3-17(21)14-24-19-11-7-16(8-12-19)20(22)13-6-15-4-9-18(23-2)10-5-15/h4-13,17,21H,3,14H2,1-2H3. The van der Waals surface area contributed by atoms with Crippen LogP contribution < -0.4 is 9.47 Å². The highest BCUT2D eigenvalue weighted by Crippen LogP contribution is 2.15. The van der Waals surface area contributed by atoms with Crippen LogP contribution in [0.1, 0.15) is 29.3 Å². The Hall–Kier alpha value is -2.59. The number of ketones is 1. The molecule has 0 radical (unpaired) electrons. The fourth-order valence-corrected chi connectivity index (χ4v) is 2.01. The maximum atomic E-state index is 12.2. The van der Waals surface area contributed by atoms with Crippen LogP contribution in [0.4, 0.5) is 0 Å². The summed E-state index contributed by atoms with van der Waals surface area (Å²) < 4.78 is 10.6. The Kier molecular flexibility index (Phi) is 6.58. The lowest BCUT2D eigenvalue weighted by Gasteiger charge is -2.10. The van der Waals surface area contributed by atoms with Crippen LogP contribution in [0, 0.1) is 0 Å². The molecule has 2 rings (SSSR count). The van der Waals surface area contributed by atoms with Crippen LogP contribution >= 0.6 is 0 Å². The zero-order valence-electron chi connectivity index (χ0n) is 13.9. The summed E-state index contributed by atoms with van der Waals surface area (Å²) in [5.41, 5.74) is 1.51. The van der Waals surface area contributed by atoms with Gasteiger partial charge >= 0.3 is 0 Å². The SMILES string of the molecule is CCC(O)COc1ccc(C(=O)C=Cc2ccc(OC)cc2)cc1. The van der Waals surface area contributed by atoms with Crippen molar-refractivity contribution in [1.29, 1.82) is 0 Å². The molecular weight excluding hydrogens is 304 g/mol. The predicted octanol–water partition coefficient (Wildman–Crippen LogP) is 3.74. The van der Waals surface area contributed by atoms with Crippen LogP contribution in [-0.4, -0.2) is 30.7 Å². The summed E-state index contributed by atoms with van der Waals surface area (Å²) >= 11 is 0. The first-order chi connectivity index (χ1) is 11.6. The molecule has 4 heteroatoms. The third-order valence-electron chi connectivity index (χ3n) is 3.60. The van der Waals surface area contributed by atoms with E-state index in [0.29, 0.717) is 17.7 Å². The summed E-state index contributed by atoms with van der Waals surface area (Å²) in [6.07, 6.45) is 3.48. The van der Waals surface area contributed by atoms with Gasteiger partial charge in [-0.3, -0.25) is 4.79 Å². The zero-order chi connectivity index (χ0) is 17.4. The van der Waals surface area contributed by atoms with Crippen molar-refractivity contribution in [2.45, 2.75) is 19.4 Å². The minimum atomic E-state index is -0.473. The van der Waals surface area contributed by atoms with E-state index in [9.17, 15) is 9.90 Å². The van der Waals surface area contributed by atoms with Crippen LogP contribution in [0.5, 0.6) is 11.5 Å². The van der Waals surface area contributed by atoms with Crippen molar-refractivity contribution in [3.63, 3.8) is 0 Å². The fraction of sp³-hybridized carbons (Fsp3) is 0.250. The van der Waals surface area contributed by atoms with E-state index in [1.54, 1.807) is 43.5 Å². The average molecular weight is 326 g/mol. The second-order valence-corrected chi connectivity index (χ2v) is 5.37. The number of allylic oxidation sites excluding steroid dienone is 1. The molecule has 0 amide bonds. The van der Waals surface area contributed by atoms with Crippen LogP contribution in [0.3, 0.4) is 0 Å². The molecule has 0 bridgehead atoms. The van der Waals surface area contributed by atoms with E-state index in [2.05, 4.69) is 0 Å². The Bertz CT molecular complexity index is 672. The normalized spacial score (nSPS) is 12.1. The molecule has 0 spiro atoms. The lowest BCUT2D eigenvalue weighted by atomic mass is 10.1. The van der Waals surface area contributed by atoms with Gasteiger partial charge in [-0.2, -0.15) is 0 Å². The van der Waals surface area contributed by atoms with E-state index < -0.39 is 6.10 Å². The Morgan fingerprint density at radius 2 is 1.71 bits per heavy atom. The van der Waals surface area contributed by atoms with E-state index in [-0.39, 0.29) is 12.4 Å². The molecule has 0 saturated carbocycles. The molecule has 0 aromatic heterocycles. The van der Waals surface area contributed by atoms with E-state index in [0.717, 1.165) is 11.3 Å². The summed E-state index contributed by atoms with van der Waals surface area (Å²) in [7, 11) is 1.62. The molecule has 2 aromatic rings. The second-order valence-electron chi connectivity index (χ2n) is 5.37.